The highest BCUT2D eigenvalue weighted by Crippen LogP contribution is 2.27. The van der Waals surface area contributed by atoms with Crippen molar-refractivity contribution < 1.29 is 22.7 Å². The summed E-state index contributed by atoms with van der Waals surface area (Å²) < 4.78 is 34.6. The Morgan fingerprint density at radius 3 is 2.26 bits per heavy atom. The summed E-state index contributed by atoms with van der Waals surface area (Å²) in [5.41, 5.74) is 3.98. The number of ether oxygens (including phenoxy) is 1. The number of anilines is 1. The lowest BCUT2D eigenvalue weighted by atomic mass is 10.1. The van der Waals surface area contributed by atoms with Gasteiger partial charge in [-0.05, 0) is 86.7 Å². The molecule has 0 aliphatic rings. The van der Waals surface area contributed by atoms with Gasteiger partial charge in [-0.15, -0.1) is 0 Å². The van der Waals surface area contributed by atoms with Crippen molar-refractivity contribution in [1.29, 1.82) is 0 Å². The summed E-state index contributed by atoms with van der Waals surface area (Å²) >= 11 is 0. The Labute approximate surface area is 250 Å². The molecule has 0 aliphatic carbocycles. The Morgan fingerprint density at radius 1 is 0.929 bits per heavy atom. The third-order valence-electron chi connectivity index (χ3n) is 7.37. The maximum atomic E-state index is 14.2. The molecule has 42 heavy (non-hydrogen) atoms. The number of hydrogen-bond donors (Lipinski definition) is 1. The van der Waals surface area contributed by atoms with Crippen LogP contribution in [0.25, 0.3) is 0 Å². The van der Waals surface area contributed by atoms with Crippen LogP contribution in [-0.4, -0.2) is 51.4 Å². The minimum atomic E-state index is -4.12. The number of methoxy groups -OCH3 is 1. The van der Waals surface area contributed by atoms with Gasteiger partial charge >= 0.3 is 0 Å². The fourth-order valence-corrected chi connectivity index (χ4v) is 6.05. The second kappa shape index (κ2) is 14.9. The smallest absolute Gasteiger partial charge is 0.264 e. The molecule has 1 unspecified atom stereocenters. The average Bonchev–Trinajstić information content (AvgIpc) is 2.97. The van der Waals surface area contributed by atoms with Crippen molar-refractivity contribution in [2.45, 2.75) is 71.4 Å². The number of aryl methyl sites for hydroxylation is 3. The van der Waals surface area contributed by atoms with Gasteiger partial charge in [0.25, 0.3) is 10.0 Å². The Balaban J connectivity index is 2.07. The van der Waals surface area contributed by atoms with Crippen molar-refractivity contribution in [3.63, 3.8) is 0 Å². The maximum absolute atomic E-state index is 14.2. The van der Waals surface area contributed by atoms with Gasteiger partial charge in [0, 0.05) is 13.1 Å². The molecule has 3 aromatic carbocycles. The molecule has 0 radical (unpaired) electrons. The topological polar surface area (TPSA) is 96.0 Å². The predicted octanol–water partition coefficient (Wildman–Crippen LogP) is 5.54. The van der Waals surface area contributed by atoms with Crippen LogP contribution in [0, 0.1) is 20.8 Å². The summed E-state index contributed by atoms with van der Waals surface area (Å²) in [6.45, 7) is 9.76. The molecule has 0 fully saturated rings. The summed E-state index contributed by atoms with van der Waals surface area (Å²) in [5.74, 6) is -0.121. The molecule has 0 aromatic heterocycles. The number of unbranched alkanes of at least 4 members (excludes halogenated alkanes) is 1. The summed E-state index contributed by atoms with van der Waals surface area (Å²) in [6.07, 6.45) is 2.11. The van der Waals surface area contributed by atoms with Crippen molar-refractivity contribution in [1.82, 2.24) is 10.2 Å². The minimum Gasteiger partial charge on any atom is -0.497 e. The van der Waals surface area contributed by atoms with Gasteiger partial charge in [0.1, 0.15) is 18.3 Å². The lowest BCUT2D eigenvalue weighted by Gasteiger charge is -2.33. The number of rotatable bonds is 14. The van der Waals surface area contributed by atoms with E-state index in [9.17, 15) is 18.0 Å². The van der Waals surface area contributed by atoms with Gasteiger partial charge in [-0.2, -0.15) is 0 Å². The SMILES string of the molecule is CCCCNC(=O)C(CC)N(Cc1cccc(OC)c1)C(=O)CN(c1ccc(C)c(C)c1)S(=O)(=O)c1ccc(C)cc1. The number of nitrogens with one attached hydrogen (secondary N) is 1. The van der Waals surface area contributed by atoms with E-state index < -0.39 is 28.5 Å². The highest BCUT2D eigenvalue weighted by Gasteiger charge is 2.33. The maximum Gasteiger partial charge on any atom is 0.264 e. The lowest BCUT2D eigenvalue weighted by Crippen LogP contribution is -2.52. The zero-order chi connectivity index (χ0) is 30.9. The van der Waals surface area contributed by atoms with Crippen LogP contribution < -0.4 is 14.4 Å². The van der Waals surface area contributed by atoms with Crippen LogP contribution in [0.15, 0.2) is 71.6 Å². The van der Waals surface area contributed by atoms with Crippen LogP contribution in [0.1, 0.15) is 55.4 Å². The molecule has 3 rings (SSSR count). The number of hydrogen-bond acceptors (Lipinski definition) is 5. The predicted molar refractivity (Wildman–Crippen MR) is 167 cm³/mol. The summed E-state index contributed by atoms with van der Waals surface area (Å²) in [4.78, 5) is 29.1. The van der Waals surface area contributed by atoms with E-state index in [-0.39, 0.29) is 17.3 Å². The van der Waals surface area contributed by atoms with Crippen molar-refractivity contribution in [2.75, 3.05) is 24.5 Å². The van der Waals surface area contributed by atoms with E-state index in [0.29, 0.717) is 24.4 Å². The zero-order valence-corrected chi connectivity index (χ0v) is 26.3. The Bertz CT molecular complexity index is 1470. The van der Waals surface area contributed by atoms with E-state index >= 15 is 0 Å². The zero-order valence-electron chi connectivity index (χ0n) is 25.5. The van der Waals surface area contributed by atoms with E-state index in [2.05, 4.69) is 5.32 Å². The Kier molecular flexibility index (Phi) is 11.6. The first-order valence-corrected chi connectivity index (χ1v) is 15.8. The quantitative estimate of drug-likeness (QED) is 0.248. The van der Waals surface area contributed by atoms with Gasteiger partial charge in [0.2, 0.25) is 11.8 Å². The monoisotopic (exact) mass is 593 g/mol. The van der Waals surface area contributed by atoms with E-state index in [4.69, 9.17) is 4.74 Å². The standard InChI is InChI=1S/C33H43N3O5S/c1-7-9-19-34-33(38)31(8-2)35(22-27-11-10-12-29(21-27)41-6)32(37)23-36(28-16-15-25(4)26(5)20-28)42(39,40)30-17-13-24(3)14-18-30/h10-18,20-21,31H,7-9,19,22-23H2,1-6H3,(H,34,38). The molecule has 9 heteroatoms. The summed E-state index contributed by atoms with van der Waals surface area (Å²) in [5, 5.41) is 2.95. The molecule has 0 heterocycles. The van der Waals surface area contributed by atoms with E-state index in [0.717, 1.165) is 39.4 Å². The largest absolute Gasteiger partial charge is 0.497 e. The van der Waals surface area contributed by atoms with Crippen LogP contribution in [0.4, 0.5) is 5.69 Å². The Morgan fingerprint density at radius 2 is 1.64 bits per heavy atom. The molecule has 0 saturated heterocycles. The Hall–Kier alpha value is -3.85. The second-order valence-corrected chi connectivity index (χ2v) is 12.4. The third kappa shape index (κ3) is 8.12. The first-order valence-electron chi connectivity index (χ1n) is 14.4. The summed E-state index contributed by atoms with van der Waals surface area (Å²) in [6, 6.07) is 18.4. The molecule has 0 aliphatic heterocycles. The molecule has 3 aromatic rings. The number of amides is 2. The minimum absolute atomic E-state index is 0.0859. The van der Waals surface area contributed by atoms with Gasteiger partial charge in [0.05, 0.1) is 17.7 Å². The second-order valence-electron chi connectivity index (χ2n) is 10.5. The van der Waals surface area contributed by atoms with Crippen LogP contribution in [-0.2, 0) is 26.2 Å². The van der Waals surface area contributed by atoms with Crippen molar-refractivity contribution in [3.05, 3.63) is 89.0 Å². The van der Waals surface area contributed by atoms with Gasteiger partial charge in [-0.3, -0.25) is 13.9 Å². The molecule has 0 spiro atoms. The fraction of sp³-hybridized carbons (Fsp3) is 0.394. The molecular weight excluding hydrogens is 550 g/mol. The molecule has 1 N–H and O–H groups in total. The summed E-state index contributed by atoms with van der Waals surface area (Å²) in [7, 11) is -2.55. The van der Waals surface area contributed by atoms with Crippen molar-refractivity contribution in [3.8, 4) is 5.75 Å². The van der Waals surface area contributed by atoms with Gasteiger partial charge < -0.3 is 15.0 Å². The van der Waals surface area contributed by atoms with Crippen LogP contribution in [0.2, 0.25) is 0 Å². The van der Waals surface area contributed by atoms with Gasteiger partial charge in [0.15, 0.2) is 0 Å². The van der Waals surface area contributed by atoms with Crippen LogP contribution >= 0.6 is 0 Å². The van der Waals surface area contributed by atoms with Gasteiger partial charge in [-0.25, -0.2) is 8.42 Å². The molecule has 1 atom stereocenters. The number of carbonyl (C=O) groups excluding carboxylic acids is 2. The number of nitrogens with zero attached hydrogens (tertiary/aromatic N) is 2. The number of sulfonamides is 1. The first-order chi connectivity index (χ1) is 20.0. The normalized spacial score (nSPS) is 12.0. The van der Waals surface area contributed by atoms with Crippen molar-refractivity contribution >= 4 is 27.5 Å². The molecule has 0 bridgehead atoms. The van der Waals surface area contributed by atoms with Crippen molar-refractivity contribution in [2.24, 2.45) is 0 Å². The number of benzene rings is 3. The van der Waals surface area contributed by atoms with Crippen LogP contribution in [0.5, 0.6) is 5.75 Å². The van der Waals surface area contributed by atoms with E-state index in [1.807, 2.05) is 58.9 Å². The number of carbonyl (C=O) groups is 2. The molecule has 226 valence electrons. The fourth-order valence-electron chi connectivity index (χ4n) is 4.64. The van der Waals surface area contributed by atoms with Gasteiger partial charge in [-0.1, -0.05) is 56.2 Å². The molecular formula is C33H43N3O5S. The highest BCUT2D eigenvalue weighted by molar-refractivity contribution is 7.92. The first kappa shape index (κ1) is 32.7. The van der Waals surface area contributed by atoms with E-state index in [1.54, 1.807) is 49.6 Å². The van der Waals surface area contributed by atoms with E-state index in [1.165, 1.54) is 4.90 Å². The average molecular weight is 594 g/mol. The van der Waals surface area contributed by atoms with Crippen LogP contribution in [0.3, 0.4) is 0 Å². The highest BCUT2D eigenvalue weighted by atomic mass is 32.2. The lowest BCUT2D eigenvalue weighted by molar-refractivity contribution is -0.140. The molecule has 8 nitrogen and oxygen atoms in total. The molecule has 2 amide bonds. The molecule has 0 saturated carbocycles. The third-order valence-corrected chi connectivity index (χ3v) is 9.16.